The molecule has 1 saturated carbocycles. The van der Waals surface area contributed by atoms with Crippen molar-refractivity contribution in [1.82, 2.24) is 0 Å². The third-order valence-corrected chi connectivity index (χ3v) is 3.41. The van der Waals surface area contributed by atoms with Crippen LogP contribution in [0.1, 0.15) is 32.1 Å². The minimum absolute atomic E-state index is 0.733. The van der Waals surface area contributed by atoms with Gasteiger partial charge in [0.15, 0.2) is 0 Å². The van der Waals surface area contributed by atoms with Gasteiger partial charge in [0.05, 0.1) is 6.61 Å². The molecule has 0 aromatic carbocycles. The molecule has 0 N–H and O–H groups in total. The lowest BCUT2D eigenvalue weighted by Crippen LogP contribution is -2.06. The molecule has 0 heterocycles. The van der Waals surface area contributed by atoms with E-state index in [0.29, 0.717) is 0 Å². The summed E-state index contributed by atoms with van der Waals surface area (Å²) in [7, 11) is 1.73. The summed E-state index contributed by atoms with van der Waals surface area (Å²) in [4.78, 5) is 0. The van der Waals surface area contributed by atoms with Crippen molar-refractivity contribution < 1.29 is 4.74 Å². The summed E-state index contributed by atoms with van der Waals surface area (Å²) in [5.74, 6) is 0.772. The molecule has 0 aliphatic heterocycles. The molecule has 0 aromatic rings. The molecule has 0 unspecified atom stereocenters. The van der Waals surface area contributed by atoms with Crippen molar-refractivity contribution in [1.29, 1.82) is 0 Å². The first-order chi connectivity index (χ1) is 5.84. The molecule has 1 rings (SSSR count). The predicted molar refractivity (Wildman–Crippen MR) is 55.5 cm³/mol. The van der Waals surface area contributed by atoms with E-state index in [1.807, 2.05) is 0 Å². The third kappa shape index (κ3) is 3.28. The maximum atomic E-state index is 5.00. The van der Waals surface area contributed by atoms with E-state index in [0.717, 1.165) is 12.5 Å². The number of allylic oxidation sites excluding steroid dienone is 1. The highest BCUT2D eigenvalue weighted by atomic mass is 79.9. The van der Waals surface area contributed by atoms with Crippen LogP contribution in [0, 0.1) is 5.92 Å². The molecular formula is C10H17BrO. The van der Waals surface area contributed by atoms with Gasteiger partial charge in [-0.05, 0) is 29.3 Å². The van der Waals surface area contributed by atoms with E-state index in [1.165, 1.54) is 36.6 Å². The topological polar surface area (TPSA) is 9.23 Å². The van der Waals surface area contributed by atoms with E-state index >= 15 is 0 Å². The first-order valence-electron chi connectivity index (χ1n) is 4.69. The minimum Gasteiger partial charge on any atom is -0.381 e. The Bertz CT molecular complexity index is 148. The summed E-state index contributed by atoms with van der Waals surface area (Å²) in [5, 5.41) is 0. The fraction of sp³-hybridized carbons (Fsp3) is 0.800. The second kappa shape index (κ2) is 5.76. The SMILES string of the molecule is COC/C=C(/Br)C1CCCCC1. The standard InChI is InChI=1S/C10H17BrO/c1-12-8-7-10(11)9-5-3-2-4-6-9/h7,9H,2-6,8H2,1H3/b10-7+. The van der Waals surface area contributed by atoms with Crippen LogP contribution < -0.4 is 0 Å². The van der Waals surface area contributed by atoms with Gasteiger partial charge in [0.25, 0.3) is 0 Å². The van der Waals surface area contributed by atoms with Crippen molar-refractivity contribution in [3.05, 3.63) is 10.6 Å². The van der Waals surface area contributed by atoms with Crippen LogP contribution in [0.5, 0.6) is 0 Å². The van der Waals surface area contributed by atoms with Gasteiger partial charge < -0.3 is 4.74 Å². The molecule has 1 fully saturated rings. The van der Waals surface area contributed by atoms with Gasteiger partial charge in [-0.2, -0.15) is 0 Å². The van der Waals surface area contributed by atoms with Crippen molar-refractivity contribution in [2.75, 3.05) is 13.7 Å². The first-order valence-corrected chi connectivity index (χ1v) is 5.48. The zero-order valence-corrected chi connectivity index (χ0v) is 9.27. The predicted octanol–water partition coefficient (Wildman–Crippen LogP) is 3.49. The van der Waals surface area contributed by atoms with Crippen molar-refractivity contribution in [3.8, 4) is 0 Å². The van der Waals surface area contributed by atoms with Crippen LogP contribution in [-0.4, -0.2) is 13.7 Å². The highest BCUT2D eigenvalue weighted by molar-refractivity contribution is 9.11. The van der Waals surface area contributed by atoms with Crippen LogP contribution >= 0.6 is 15.9 Å². The summed E-state index contributed by atoms with van der Waals surface area (Å²) in [6.07, 6.45) is 9.04. The number of ether oxygens (including phenoxy) is 1. The number of rotatable bonds is 3. The average Bonchev–Trinajstić information content (AvgIpc) is 2.15. The zero-order valence-electron chi connectivity index (χ0n) is 7.68. The number of methoxy groups -OCH3 is 1. The second-order valence-corrected chi connectivity index (χ2v) is 4.29. The van der Waals surface area contributed by atoms with Crippen LogP contribution in [0.4, 0.5) is 0 Å². The smallest absolute Gasteiger partial charge is 0.0654 e. The lowest BCUT2D eigenvalue weighted by Gasteiger charge is -2.21. The van der Waals surface area contributed by atoms with Gasteiger partial charge in [-0.25, -0.2) is 0 Å². The van der Waals surface area contributed by atoms with Crippen LogP contribution in [0.3, 0.4) is 0 Å². The van der Waals surface area contributed by atoms with Gasteiger partial charge in [-0.15, -0.1) is 0 Å². The summed E-state index contributed by atoms with van der Waals surface area (Å²) >= 11 is 3.62. The maximum Gasteiger partial charge on any atom is 0.0654 e. The van der Waals surface area contributed by atoms with E-state index in [-0.39, 0.29) is 0 Å². The van der Waals surface area contributed by atoms with Gasteiger partial charge >= 0.3 is 0 Å². The molecule has 0 amide bonds. The molecule has 1 aliphatic carbocycles. The molecule has 0 radical (unpaired) electrons. The third-order valence-electron chi connectivity index (χ3n) is 2.44. The van der Waals surface area contributed by atoms with Gasteiger partial charge in [0, 0.05) is 7.11 Å². The van der Waals surface area contributed by atoms with Crippen LogP contribution in [0.2, 0.25) is 0 Å². The number of hydrogen-bond donors (Lipinski definition) is 0. The lowest BCUT2D eigenvalue weighted by atomic mass is 9.89. The molecule has 1 nitrogen and oxygen atoms in total. The molecule has 0 saturated heterocycles. The fourth-order valence-electron chi connectivity index (χ4n) is 1.71. The molecular weight excluding hydrogens is 216 g/mol. The summed E-state index contributed by atoms with van der Waals surface area (Å²) in [5.41, 5.74) is 0. The molecule has 0 spiro atoms. The van der Waals surface area contributed by atoms with Crippen LogP contribution in [-0.2, 0) is 4.74 Å². The zero-order chi connectivity index (χ0) is 8.81. The van der Waals surface area contributed by atoms with Crippen LogP contribution in [0.25, 0.3) is 0 Å². The molecule has 0 aromatic heterocycles. The maximum absolute atomic E-state index is 5.00. The summed E-state index contributed by atoms with van der Waals surface area (Å²) in [6.45, 7) is 0.733. The Labute approximate surface area is 83.3 Å². The minimum atomic E-state index is 0.733. The van der Waals surface area contributed by atoms with Gasteiger partial charge in [0.2, 0.25) is 0 Å². The summed E-state index contributed by atoms with van der Waals surface area (Å²) in [6, 6.07) is 0. The van der Waals surface area contributed by atoms with Crippen molar-refractivity contribution >= 4 is 15.9 Å². The molecule has 70 valence electrons. The molecule has 2 heteroatoms. The van der Waals surface area contributed by atoms with Crippen molar-refractivity contribution in [3.63, 3.8) is 0 Å². The quantitative estimate of drug-likeness (QED) is 0.724. The van der Waals surface area contributed by atoms with Gasteiger partial charge in [0.1, 0.15) is 0 Å². The number of hydrogen-bond acceptors (Lipinski definition) is 1. The fourth-order valence-corrected chi connectivity index (χ4v) is 2.30. The largest absolute Gasteiger partial charge is 0.381 e. The lowest BCUT2D eigenvalue weighted by molar-refractivity contribution is 0.232. The first kappa shape index (κ1) is 10.3. The average molecular weight is 233 g/mol. The normalized spacial score (nSPS) is 21.3. The van der Waals surface area contributed by atoms with Crippen LogP contribution in [0.15, 0.2) is 10.6 Å². The Balaban J connectivity index is 2.33. The molecule has 12 heavy (non-hydrogen) atoms. The highest BCUT2D eigenvalue weighted by Crippen LogP contribution is 2.32. The van der Waals surface area contributed by atoms with E-state index in [2.05, 4.69) is 22.0 Å². The molecule has 1 aliphatic rings. The van der Waals surface area contributed by atoms with E-state index in [9.17, 15) is 0 Å². The van der Waals surface area contributed by atoms with Crippen molar-refractivity contribution in [2.24, 2.45) is 5.92 Å². The Morgan fingerprint density at radius 3 is 2.67 bits per heavy atom. The van der Waals surface area contributed by atoms with Crippen molar-refractivity contribution in [2.45, 2.75) is 32.1 Å². The van der Waals surface area contributed by atoms with E-state index in [1.54, 1.807) is 7.11 Å². The second-order valence-electron chi connectivity index (χ2n) is 3.38. The van der Waals surface area contributed by atoms with Gasteiger partial charge in [-0.1, -0.05) is 35.2 Å². The Hall–Kier alpha value is 0.180. The molecule has 0 atom stereocenters. The van der Waals surface area contributed by atoms with E-state index in [4.69, 9.17) is 4.74 Å². The highest BCUT2D eigenvalue weighted by Gasteiger charge is 2.15. The monoisotopic (exact) mass is 232 g/mol. The Morgan fingerprint density at radius 1 is 1.42 bits per heavy atom. The Kier molecular flexibility index (Phi) is 4.93. The molecule has 0 bridgehead atoms. The van der Waals surface area contributed by atoms with Gasteiger partial charge in [-0.3, -0.25) is 0 Å². The van der Waals surface area contributed by atoms with E-state index < -0.39 is 0 Å². The summed E-state index contributed by atoms with van der Waals surface area (Å²) < 4.78 is 6.35. The number of halogens is 1. The Morgan fingerprint density at radius 2 is 2.08 bits per heavy atom.